The van der Waals surface area contributed by atoms with Crippen LogP contribution in [-0.2, 0) is 13.1 Å². The molecule has 1 heterocycles. The molecule has 0 aliphatic carbocycles. The summed E-state index contributed by atoms with van der Waals surface area (Å²) < 4.78 is 11.6. The molecule has 0 bridgehead atoms. The van der Waals surface area contributed by atoms with Crippen molar-refractivity contribution >= 4 is 5.69 Å². The summed E-state index contributed by atoms with van der Waals surface area (Å²) in [5, 5.41) is 14.5. The second kappa shape index (κ2) is 7.64. The van der Waals surface area contributed by atoms with Gasteiger partial charge in [0, 0.05) is 19.2 Å². The van der Waals surface area contributed by atoms with E-state index in [2.05, 4.69) is 10.2 Å². The first-order valence-corrected chi connectivity index (χ1v) is 7.86. The van der Waals surface area contributed by atoms with Crippen LogP contribution >= 0.6 is 0 Å². The Morgan fingerprint density at radius 3 is 2.80 bits per heavy atom. The molecule has 1 aliphatic heterocycles. The van der Waals surface area contributed by atoms with Crippen molar-refractivity contribution in [1.29, 1.82) is 0 Å². The van der Waals surface area contributed by atoms with E-state index in [1.165, 1.54) is 12.1 Å². The van der Waals surface area contributed by atoms with E-state index in [1.54, 1.807) is 0 Å². The smallest absolute Gasteiger partial charge is 0.284 e. The molecule has 2 aromatic rings. The van der Waals surface area contributed by atoms with E-state index in [1.807, 2.05) is 30.3 Å². The number of nitrogens with one attached hydrogen (secondary N) is 1. The molecule has 0 radical (unpaired) electrons. The van der Waals surface area contributed by atoms with Crippen molar-refractivity contribution in [3.8, 4) is 11.5 Å². The monoisotopic (exact) mass is 339 g/mol. The summed E-state index contributed by atoms with van der Waals surface area (Å²) in [4.78, 5) is 14.0. The fourth-order valence-corrected chi connectivity index (χ4v) is 2.70. The van der Waals surface area contributed by atoms with E-state index < -0.39 is 4.92 Å². The first-order chi connectivity index (χ1) is 12.2. The lowest BCUT2D eigenvalue weighted by molar-refractivity contribution is -0.385. The molecule has 3 rings (SSSR count). The minimum atomic E-state index is -0.499. The van der Waals surface area contributed by atoms with Crippen molar-refractivity contribution in [2.45, 2.75) is 19.2 Å². The maximum absolute atomic E-state index is 11.2. The van der Waals surface area contributed by atoms with E-state index in [0.717, 1.165) is 5.56 Å². The van der Waals surface area contributed by atoms with Gasteiger partial charge in [0.25, 0.3) is 5.69 Å². The second-order valence-corrected chi connectivity index (χ2v) is 5.63. The van der Waals surface area contributed by atoms with Crippen LogP contribution in [0.25, 0.3) is 4.85 Å². The highest BCUT2D eigenvalue weighted by Crippen LogP contribution is 2.40. The molecule has 2 aromatic carbocycles. The maximum atomic E-state index is 11.2. The van der Waals surface area contributed by atoms with Gasteiger partial charge in [0.15, 0.2) is 17.1 Å². The standard InChI is InChI=1S/C18H17N3O4/c1-19-11-15-16(21(22)23)7-8-17-18(15)25-14(12-24-17)10-20-9-13-5-3-2-4-6-13/h2-8,14,20H,9-12H2. The molecule has 0 saturated heterocycles. The Hall–Kier alpha value is -3.11. The molecule has 7 heteroatoms. The zero-order valence-corrected chi connectivity index (χ0v) is 13.5. The fraction of sp³-hybridized carbons (Fsp3) is 0.278. The van der Waals surface area contributed by atoms with Crippen LogP contribution in [0, 0.1) is 16.7 Å². The molecule has 1 unspecified atom stereocenters. The number of hydrogen-bond donors (Lipinski definition) is 1. The van der Waals surface area contributed by atoms with Crippen molar-refractivity contribution in [2.75, 3.05) is 13.2 Å². The number of fused-ring (bicyclic) bond motifs is 1. The molecule has 1 atom stereocenters. The van der Waals surface area contributed by atoms with Crippen molar-refractivity contribution in [3.63, 3.8) is 0 Å². The van der Waals surface area contributed by atoms with Gasteiger partial charge in [-0.3, -0.25) is 10.1 Å². The van der Waals surface area contributed by atoms with E-state index in [4.69, 9.17) is 16.0 Å². The minimum Gasteiger partial charge on any atom is -0.486 e. The van der Waals surface area contributed by atoms with Crippen molar-refractivity contribution in [1.82, 2.24) is 5.32 Å². The van der Waals surface area contributed by atoms with Gasteiger partial charge in [-0.15, -0.1) is 0 Å². The number of rotatable bonds is 6. The second-order valence-electron chi connectivity index (χ2n) is 5.63. The summed E-state index contributed by atoms with van der Waals surface area (Å²) in [6.45, 7) is 8.51. The summed E-state index contributed by atoms with van der Waals surface area (Å²) >= 11 is 0. The first kappa shape index (κ1) is 16.7. The lowest BCUT2D eigenvalue weighted by atomic mass is 10.1. The van der Waals surface area contributed by atoms with Gasteiger partial charge in [0.1, 0.15) is 12.7 Å². The normalized spacial score (nSPS) is 15.4. The lowest BCUT2D eigenvalue weighted by Crippen LogP contribution is -2.38. The Balaban J connectivity index is 1.70. The third kappa shape index (κ3) is 3.87. The summed E-state index contributed by atoms with van der Waals surface area (Å²) in [6, 6.07) is 12.8. The molecule has 0 aromatic heterocycles. The highest BCUT2D eigenvalue weighted by molar-refractivity contribution is 5.58. The average molecular weight is 339 g/mol. The lowest BCUT2D eigenvalue weighted by Gasteiger charge is -2.27. The van der Waals surface area contributed by atoms with Crippen molar-refractivity contribution in [2.24, 2.45) is 0 Å². The van der Waals surface area contributed by atoms with Crippen LogP contribution in [0.4, 0.5) is 5.69 Å². The van der Waals surface area contributed by atoms with Gasteiger partial charge in [0.2, 0.25) is 6.54 Å². The van der Waals surface area contributed by atoms with Crippen LogP contribution in [0.15, 0.2) is 42.5 Å². The van der Waals surface area contributed by atoms with E-state index >= 15 is 0 Å². The molecule has 1 N–H and O–H groups in total. The predicted octanol–water partition coefficient (Wildman–Crippen LogP) is 2.94. The van der Waals surface area contributed by atoms with Gasteiger partial charge in [0.05, 0.1) is 4.92 Å². The number of ether oxygens (including phenoxy) is 2. The Morgan fingerprint density at radius 2 is 2.08 bits per heavy atom. The van der Waals surface area contributed by atoms with E-state index in [-0.39, 0.29) is 23.9 Å². The summed E-state index contributed by atoms with van der Waals surface area (Å²) in [7, 11) is 0. The Morgan fingerprint density at radius 1 is 1.28 bits per heavy atom. The van der Waals surface area contributed by atoms with E-state index in [9.17, 15) is 10.1 Å². The number of benzene rings is 2. The minimum absolute atomic E-state index is 0.115. The quantitative estimate of drug-likeness (QED) is 0.497. The van der Waals surface area contributed by atoms with Gasteiger partial charge in [-0.25, -0.2) is 6.57 Å². The molecule has 0 spiro atoms. The molecule has 128 valence electrons. The summed E-state index contributed by atoms with van der Waals surface area (Å²) in [5.41, 5.74) is 1.31. The molecular formula is C18H17N3O4. The topological polar surface area (TPSA) is 78.0 Å². The zero-order valence-electron chi connectivity index (χ0n) is 13.5. The van der Waals surface area contributed by atoms with Crippen LogP contribution < -0.4 is 14.8 Å². The largest absolute Gasteiger partial charge is 0.486 e. The third-order valence-corrected chi connectivity index (χ3v) is 3.89. The fourth-order valence-electron chi connectivity index (χ4n) is 2.70. The Kier molecular flexibility index (Phi) is 5.11. The first-order valence-electron chi connectivity index (χ1n) is 7.86. The third-order valence-electron chi connectivity index (χ3n) is 3.89. The van der Waals surface area contributed by atoms with Crippen LogP contribution in [0.2, 0.25) is 0 Å². The SMILES string of the molecule is [C-]#[N+]Cc1c([N+](=O)[O-])ccc2c1OC(CNCc1ccccc1)CO2. The number of hydrogen-bond acceptors (Lipinski definition) is 5. The number of nitro groups is 1. The van der Waals surface area contributed by atoms with E-state index in [0.29, 0.717) is 31.2 Å². The van der Waals surface area contributed by atoms with Crippen molar-refractivity contribution in [3.05, 3.63) is 75.1 Å². The summed E-state index contributed by atoms with van der Waals surface area (Å²) in [6.07, 6.45) is -0.275. The van der Waals surface area contributed by atoms with Crippen molar-refractivity contribution < 1.29 is 14.4 Å². The number of nitro benzene ring substituents is 1. The molecule has 0 fully saturated rings. The molecule has 0 amide bonds. The molecule has 7 nitrogen and oxygen atoms in total. The van der Waals surface area contributed by atoms with Gasteiger partial charge >= 0.3 is 0 Å². The highest BCUT2D eigenvalue weighted by Gasteiger charge is 2.30. The average Bonchev–Trinajstić information content (AvgIpc) is 2.63. The Bertz CT molecular complexity index is 802. The van der Waals surface area contributed by atoms with Gasteiger partial charge in [-0.2, -0.15) is 0 Å². The van der Waals surface area contributed by atoms with Crippen LogP contribution in [0.3, 0.4) is 0 Å². The summed E-state index contributed by atoms with van der Waals surface area (Å²) in [5.74, 6) is 0.756. The van der Waals surface area contributed by atoms with Gasteiger partial charge in [-0.05, 0) is 11.6 Å². The van der Waals surface area contributed by atoms with Crippen LogP contribution in [-0.4, -0.2) is 24.2 Å². The molecule has 1 aliphatic rings. The molecular weight excluding hydrogens is 322 g/mol. The Labute approximate surface area is 145 Å². The van der Waals surface area contributed by atoms with Gasteiger partial charge in [-0.1, -0.05) is 30.3 Å². The maximum Gasteiger partial charge on any atom is 0.284 e. The number of nitrogens with zero attached hydrogens (tertiary/aromatic N) is 2. The zero-order chi connectivity index (χ0) is 17.6. The molecule has 25 heavy (non-hydrogen) atoms. The van der Waals surface area contributed by atoms with Crippen LogP contribution in [0.5, 0.6) is 11.5 Å². The van der Waals surface area contributed by atoms with Gasteiger partial charge < -0.3 is 19.6 Å². The highest BCUT2D eigenvalue weighted by atomic mass is 16.6. The molecule has 0 saturated carbocycles. The predicted molar refractivity (Wildman–Crippen MR) is 91.5 cm³/mol. The van der Waals surface area contributed by atoms with Crippen LogP contribution in [0.1, 0.15) is 11.1 Å².